The van der Waals surface area contributed by atoms with E-state index < -0.39 is 11.9 Å². The Morgan fingerprint density at radius 2 is 1.67 bits per heavy atom. The minimum atomic E-state index is -4.51. The summed E-state index contributed by atoms with van der Waals surface area (Å²) in [5, 5.41) is 5.89. The summed E-state index contributed by atoms with van der Waals surface area (Å²) in [6.07, 6.45) is -3.56. The number of amides is 1. The number of hydrogen-bond donors (Lipinski definition) is 2. The molecule has 0 radical (unpaired) electrons. The van der Waals surface area contributed by atoms with Crippen molar-refractivity contribution in [1.29, 1.82) is 0 Å². The molecule has 0 fully saturated rings. The van der Waals surface area contributed by atoms with Crippen LogP contribution in [-0.2, 0) is 6.18 Å². The largest absolute Gasteiger partial charge is 0.434 e. The van der Waals surface area contributed by atoms with Crippen molar-refractivity contribution in [3.05, 3.63) is 89.7 Å². The lowest BCUT2D eigenvalue weighted by molar-refractivity contribution is -0.140. The first-order chi connectivity index (χ1) is 14.3. The molecule has 0 saturated carbocycles. The number of anilines is 3. The number of carbonyl (C=O) groups excluding carboxylic acids is 1. The van der Waals surface area contributed by atoms with Gasteiger partial charge >= 0.3 is 6.18 Å². The first kappa shape index (κ1) is 19.5. The predicted octanol–water partition coefficient (Wildman–Crippen LogP) is 5.66. The number of pyridine rings is 1. The summed E-state index contributed by atoms with van der Waals surface area (Å²) in [5.74, 6) is 0.217. The molecule has 0 aliphatic rings. The van der Waals surface area contributed by atoms with Crippen LogP contribution in [0, 0.1) is 6.92 Å². The minimum absolute atomic E-state index is 0.189. The van der Waals surface area contributed by atoms with Gasteiger partial charge in [-0.25, -0.2) is 4.98 Å². The minimum Gasteiger partial charge on any atom is -0.341 e. The third-order valence-corrected chi connectivity index (χ3v) is 4.48. The highest BCUT2D eigenvalue weighted by Gasteiger charge is 2.34. The second kappa shape index (κ2) is 7.55. The summed E-state index contributed by atoms with van der Waals surface area (Å²) in [6.45, 7) is 1.91. The van der Waals surface area contributed by atoms with Crippen LogP contribution in [0.15, 0.2) is 72.9 Å². The number of fused-ring (bicyclic) bond motifs is 1. The Hall–Kier alpha value is -3.81. The second-order valence-corrected chi connectivity index (χ2v) is 6.79. The zero-order chi connectivity index (χ0) is 21.3. The fraction of sp³-hybridized carbons (Fsp3) is 0.0909. The molecule has 1 amide bonds. The first-order valence-corrected chi connectivity index (χ1v) is 9.10. The Morgan fingerprint density at radius 1 is 0.967 bits per heavy atom. The van der Waals surface area contributed by atoms with Gasteiger partial charge in [0.2, 0.25) is 0 Å². The van der Waals surface area contributed by atoms with E-state index in [9.17, 15) is 18.0 Å². The van der Waals surface area contributed by atoms with E-state index in [0.717, 1.165) is 11.8 Å². The lowest BCUT2D eigenvalue weighted by Gasteiger charge is -2.10. The van der Waals surface area contributed by atoms with E-state index in [1.807, 2.05) is 19.1 Å². The Morgan fingerprint density at radius 3 is 2.37 bits per heavy atom. The monoisotopic (exact) mass is 410 g/mol. The smallest absolute Gasteiger partial charge is 0.341 e. The number of rotatable bonds is 4. The number of hydrogen-bond acceptors (Lipinski definition) is 3. The van der Waals surface area contributed by atoms with Crippen LogP contribution in [-0.4, -0.2) is 15.3 Å². The van der Waals surface area contributed by atoms with Gasteiger partial charge in [-0.15, -0.1) is 0 Å². The molecule has 0 saturated heterocycles. The van der Waals surface area contributed by atoms with Crippen LogP contribution < -0.4 is 10.6 Å². The summed E-state index contributed by atoms with van der Waals surface area (Å²) >= 11 is 0. The van der Waals surface area contributed by atoms with Crippen molar-refractivity contribution in [3.63, 3.8) is 0 Å². The van der Waals surface area contributed by atoms with Crippen LogP contribution in [0.25, 0.3) is 5.65 Å². The van der Waals surface area contributed by atoms with Crippen LogP contribution in [0.5, 0.6) is 0 Å². The molecule has 0 aliphatic heterocycles. The van der Waals surface area contributed by atoms with Crippen molar-refractivity contribution in [3.8, 4) is 0 Å². The van der Waals surface area contributed by atoms with Crippen LogP contribution in [0.3, 0.4) is 0 Å². The van der Waals surface area contributed by atoms with E-state index in [0.29, 0.717) is 22.8 Å². The van der Waals surface area contributed by atoms with Crippen LogP contribution in [0.1, 0.15) is 21.6 Å². The third-order valence-electron chi connectivity index (χ3n) is 4.48. The number of aromatic nitrogens is 2. The average molecular weight is 410 g/mol. The number of benzene rings is 2. The van der Waals surface area contributed by atoms with Crippen molar-refractivity contribution < 1.29 is 18.0 Å². The van der Waals surface area contributed by atoms with Crippen LogP contribution in [0.2, 0.25) is 0 Å². The summed E-state index contributed by atoms with van der Waals surface area (Å²) in [4.78, 5) is 16.0. The van der Waals surface area contributed by atoms with Gasteiger partial charge < -0.3 is 10.6 Å². The van der Waals surface area contributed by atoms with Crippen molar-refractivity contribution in [2.75, 3.05) is 10.6 Å². The Labute approximate surface area is 170 Å². The molecule has 4 rings (SSSR count). The number of imidazole rings is 1. The van der Waals surface area contributed by atoms with Crippen LogP contribution >= 0.6 is 0 Å². The van der Waals surface area contributed by atoms with Gasteiger partial charge in [-0.2, -0.15) is 13.2 Å². The summed E-state index contributed by atoms with van der Waals surface area (Å²) < 4.78 is 40.2. The molecule has 30 heavy (non-hydrogen) atoms. The van der Waals surface area contributed by atoms with Crippen LogP contribution in [0.4, 0.5) is 30.4 Å². The van der Waals surface area contributed by atoms with E-state index in [1.165, 1.54) is 10.5 Å². The molecule has 0 aliphatic carbocycles. The quantitative estimate of drug-likeness (QED) is 0.457. The molecule has 0 atom stereocenters. The Kier molecular flexibility index (Phi) is 4.91. The normalized spacial score (nSPS) is 11.5. The maximum Gasteiger partial charge on any atom is 0.434 e. The summed E-state index contributed by atoms with van der Waals surface area (Å²) in [7, 11) is 0. The van der Waals surface area contributed by atoms with E-state index in [2.05, 4.69) is 15.6 Å². The maximum atomic E-state index is 12.9. The molecule has 2 aromatic heterocycles. The zero-order valence-electron chi connectivity index (χ0n) is 15.9. The fourth-order valence-electron chi connectivity index (χ4n) is 3.02. The van der Waals surface area contributed by atoms with Gasteiger partial charge in [0.25, 0.3) is 5.91 Å². The van der Waals surface area contributed by atoms with E-state index >= 15 is 0 Å². The highest BCUT2D eigenvalue weighted by atomic mass is 19.4. The molecule has 0 bridgehead atoms. The molecule has 0 unspecified atom stereocenters. The third kappa shape index (κ3) is 4.12. The molecule has 5 nitrogen and oxygen atoms in total. The van der Waals surface area contributed by atoms with Crippen molar-refractivity contribution in [1.82, 2.24) is 9.38 Å². The van der Waals surface area contributed by atoms with Crippen molar-refractivity contribution in [2.45, 2.75) is 13.1 Å². The Balaban J connectivity index is 1.51. The van der Waals surface area contributed by atoms with Gasteiger partial charge in [-0.1, -0.05) is 23.8 Å². The topological polar surface area (TPSA) is 58.4 Å². The Bertz CT molecular complexity index is 1210. The maximum absolute atomic E-state index is 12.9. The van der Waals surface area contributed by atoms with Gasteiger partial charge in [0.1, 0.15) is 11.5 Å². The predicted molar refractivity (Wildman–Crippen MR) is 109 cm³/mol. The number of carbonyl (C=O) groups is 1. The molecule has 8 heteroatoms. The number of nitrogens with one attached hydrogen (secondary N) is 2. The molecule has 152 valence electrons. The highest BCUT2D eigenvalue weighted by Crippen LogP contribution is 2.30. The van der Waals surface area contributed by atoms with Crippen molar-refractivity contribution in [2.24, 2.45) is 0 Å². The molecule has 2 aromatic carbocycles. The highest BCUT2D eigenvalue weighted by molar-refractivity contribution is 6.04. The fourth-order valence-corrected chi connectivity index (χ4v) is 3.02. The van der Waals surface area contributed by atoms with Gasteiger partial charge in [-0.3, -0.25) is 9.20 Å². The number of aryl methyl sites for hydroxylation is 1. The molecule has 2 heterocycles. The number of nitrogens with zero attached hydrogens (tertiary/aromatic N) is 2. The summed E-state index contributed by atoms with van der Waals surface area (Å²) in [5.41, 5.74) is 2.04. The van der Waals surface area contributed by atoms with Gasteiger partial charge in [0, 0.05) is 23.1 Å². The molecule has 4 aromatic rings. The zero-order valence-corrected chi connectivity index (χ0v) is 15.9. The second-order valence-electron chi connectivity index (χ2n) is 6.79. The first-order valence-electron chi connectivity index (χ1n) is 9.10. The number of halogens is 3. The van der Waals surface area contributed by atoms with Gasteiger partial charge in [0.15, 0.2) is 5.69 Å². The average Bonchev–Trinajstić information content (AvgIpc) is 3.15. The molecular formula is C22H17F3N4O. The van der Waals surface area contributed by atoms with E-state index in [1.54, 1.807) is 48.5 Å². The van der Waals surface area contributed by atoms with Gasteiger partial charge in [-0.05, 0) is 55.5 Å². The number of alkyl halides is 3. The van der Waals surface area contributed by atoms with Gasteiger partial charge in [0.05, 0.1) is 0 Å². The standard InChI is InChI=1S/C22H17F3N4O/c1-14-4-2-5-15(12-14)21(30)27-17-10-8-16(9-11-17)26-19-6-3-7-20-28-18(13-29(19)20)22(23,24)25/h2-13,26H,1H3,(H,27,30). The van der Waals surface area contributed by atoms with E-state index in [-0.39, 0.29) is 11.6 Å². The SMILES string of the molecule is Cc1cccc(C(=O)Nc2ccc(Nc3cccc4nc(C(F)(F)F)cn34)cc2)c1. The molecule has 2 N–H and O–H groups in total. The molecule has 0 spiro atoms. The lowest BCUT2D eigenvalue weighted by Crippen LogP contribution is -2.11. The van der Waals surface area contributed by atoms with E-state index in [4.69, 9.17) is 0 Å². The summed E-state index contributed by atoms with van der Waals surface area (Å²) in [6, 6.07) is 18.9. The lowest BCUT2D eigenvalue weighted by atomic mass is 10.1. The molecular weight excluding hydrogens is 393 g/mol. The van der Waals surface area contributed by atoms with Crippen molar-refractivity contribution >= 4 is 28.7 Å².